The predicted octanol–water partition coefficient (Wildman–Crippen LogP) is 5.75. The van der Waals surface area contributed by atoms with Gasteiger partial charge in [0.25, 0.3) is 0 Å². The van der Waals surface area contributed by atoms with Gasteiger partial charge in [-0.1, -0.05) is 80.6 Å². The summed E-state index contributed by atoms with van der Waals surface area (Å²) in [5, 5.41) is 4.06. The number of fused-ring (bicyclic) bond motifs is 1. The van der Waals surface area contributed by atoms with Crippen molar-refractivity contribution in [3.05, 3.63) is 113 Å². The molecule has 2 amide bonds. The molecule has 3 atom stereocenters. The van der Waals surface area contributed by atoms with Crippen molar-refractivity contribution in [1.29, 1.82) is 0 Å². The zero-order chi connectivity index (χ0) is 26.6. The molecule has 2 heterocycles. The van der Waals surface area contributed by atoms with Crippen molar-refractivity contribution in [2.45, 2.75) is 50.9 Å². The molecule has 1 aliphatic rings. The van der Waals surface area contributed by atoms with Crippen molar-refractivity contribution in [2.24, 2.45) is 0 Å². The van der Waals surface area contributed by atoms with Crippen LogP contribution in [0.3, 0.4) is 0 Å². The fourth-order valence-electron chi connectivity index (χ4n) is 5.14. The maximum atomic E-state index is 14.6. The second-order valence-electron chi connectivity index (χ2n) is 10.3. The topological polar surface area (TPSA) is 62.3 Å². The van der Waals surface area contributed by atoms with Gasteiger partial charge in [0.15, 0.2) is 0 Å². The monoisotopic (exact) mass is 509 g/mol. The average molecular weight is 510 g/mol. The molecule has 3 aromatic carbocycles. The van der Waals surface area contributed by atoms with Crippen LogP contribution < -0.4 is 5.32 Å². The van der Waals surface area contributed by atoms with Gasteiger partial charge in [-0.05, 0) is 46.4 Å². The maximum absolute atomic E-state index is 14.6. The number of halogens is 1. The number of benzene rings is 3. The molecule has 5 nitrogen and oxygen atoms in total. The summed E-state index contributed by atoms with van der Waals surface area (Å²) in [6.45, 7) is 4.20. The standard InChI is InChI=1S/C32H32FN3O2/c1-21(2)23-11-13-25(14-12-23)31(24-7-4-3-5-8-24)35-32(38)29-19-27(33)20-36(29)30(37)18-22-10-15-28-26(17-22)9-6-16-34-28/h3-17,21,27,29,31H,18-20H2,1-2H3,(H,35,38)/t27-,29+,31+/m1/s1. The third-order valence-corrected chi connectivity index (χ3v) is 7.25. The largest absolute Gasteiger partial charge is 0.343 e. The van der Waals surface area contributed by atoms with E-state index in [0.717, 1.165) is 27.6 Å². The molecule has 1 N–H and O–H groups in total. The molecule has 0 spiro atoms. The summed E-state index contributed by atoms with van der Waals surface area (Å²) < 4.78 is 14.6. The number of nitrogens with one attached hydrogen (secondary N) is 1. The lowest BCUT2D eigenvalue weighted by Crippen LogP contribution is -2.47. The number of carbonyl (C=O) groups excluding carboxylic acids is 2. The Morgan fingerprint density at radius 2 is 1.66 bits per heavy atom. The molecule has 194 valence electrons. The van der Waals surface area contributed by atoms with E-state index in [1.54, 1.807) is 6.20 Å². The molecule has 38 heavy (non-hydrogen) atoms. The molecule has 0 unspecified atom stereocenters. The van der Waals surface area contributed by atoms with Crippen LogP contribution in [0.1, 0.15) is 54.5 Å². The summed E-state index contributed by atoms with van der Waals surface area (Å²) in [6, 6.07) is 26.1. The van der Waals surface area contributed by atoms with E-state index in [1.807, 2.05) is 72.8 Å². The van der Waals surface area contributed by atoms with Gasteiger partial charge in [0.05, 0.1) is 24.5 Å². The number of likely N-dealkylation sites (tertiary alicyclic amines) is 1. The summed E-state index contributed by atoms with van der Waals surface area (Å²) in [7, 11) is 0. The van der Waals surface area contributed by atoms with E-state index in [2.05, 4.69) is 36.3 Å². The molecular weight excluding hydrogens is 477 g/mol. The minimum Gasteiger partial charge on any atom is -0.343 e. The molecular formula is C32H32FN3O2. The smallest absolute Gasteiger partial charge is 0.243 e. The first kappa shape index (κ1) is 25.6. The third kappa shape index (κ3) is 5.59. The second-order valence-corrected chi connectivity index (χ2v) is 10.3. The fourth-order valence-corrected chi connectivity index (χ4v) is 5.14. The van der Waals surface area contributed by atoms with Gasteiger partial charge in [0, 0.05) is 18.0 Å². The van der Waals surface area contributed by atoms with Crippen LogP contribution in [0.2, 0.25) is 0 Å². The first-order valence-electron chi connectivity index (χ1n) is 13.1. The summed E-state index contributed by atoms with van der Waals surface area (Å²) in [4.78, 5) is 32.6. The fraction of sp³-hybridized carbons (Fsp3) is 0.281. The Hall–Kier alpha value is -4.06. The van der Waals surface area contributed by atoms with Gasteiger partial charge >= 0.3 is 0 Å². The lowest BCUT2D eigenvalue weighted by atomic mass is 9.95. The van der Waals surface area contributed by atoms with Crippen molar-refractivity contribution in [2.75, 3.05) is 6.54 Å². The van der Waals surface area contributed by atoms with E-state index >= 15 is 0 Å². The SMILES string of the molecule is CC(C)c1ccc([C@@H](NC(=O)[C@@H]2C[C@@H](F)CN2C(=O)Cc2ccc3ncccc3c2)c2ccccc2)cc1. The highest BCUT2D eigenvalue weighted by molar-refractivity contribution is 5.90. The summed E-state index contributed by atoms with van der Waals surface area (Å²) in [5.74, 6) is -0.207. The summed E-state index contributed by atoms with van der Waals surface area (Å²) in [5.41, 5.74) is 4.73. The van der Waals surface area contributed by atoms with Gasteiger partial charge < -0.3 is 10.2 Å². The minimum absolute atomic E-state index is 0.00693. The number of aromatic nitrogens is 1. The average Bonchev–Trinajstić information content (AvgIpc) is 3.34. The Morgan fingerprint density at radius 3 is 2.39 bits per heavy atom. The summed E-state index contributed by atoms with van der Waals surface area (Å²) >= 11 is 0. The van der Waals surface area contributed by atoms with Crippen LogP contribution >= 0.6 is 0 Å². The molecule has 5 rings (SSSR count). The number of nitrogens with zero attached hydrogens (tertiary/aromatic N) is 2. The molecule has 1 aromatic heterocycles. The van der Waals surface area contributed by atoms with Crippen LogP contribution in [0.4, 0.5) is 4.39 Å². The van der Waals surface area contributed by atoms with Crippen LogP contribution in [-0.4, -0.2) is 40.5 Å². The highest BCUT2D eigenvalue weighted by Gasteiger charge is 2.40. The highest BCUT2D eigenvalue weighted by Crippen LogP contribution is 2.27. The number of rotatable bonds is 7. The van der Waals surface area contributed by atoms with E-state index in [-0.39, 0.29) is 31.2 Å². The van der Waals surface area contributed by atoms with Crippen LogP contribution in [0.15, 0.2) is 91.1 Å². The molecule has 0 aliphatic carbocycles. The van der Waals surface area contributed by atoms with Gasteiger partial charge in [-0.2, -0.15) is 0 Å². The molecule has 0 radical (unpaired) electrons. The van der Waals surface area contributed by atoms with E-state index in [9.17, 15) is 14.0 Å². The quantitative estimate of drug-likeness (QED) is 0.345. The molecule has 1 saturated heterocycles. The van der Waals surface area contributed by atoms with E-state index in [4.69, 9.17) is 0 Å². The Bertz CT molecular complexity index is 1420. The molecule has 4 aromatic rings. The number of alkyl halides is 1. The number of hydrogen-bond acceptors (Lipinski definition) is 3. The summed E-state index contributed by atoms with van der Waals surface area (Å²) in [6.07, 6.45) is 0.576. The minimum atomic E-state index is -1.24. The van der Waals surface area contributed by atoms with Gasteiger partial charge in [0.2, 0.25) is 11.8 Å². The predicted molar refractivity (Wildman–Crippen MR) is 147 cm³/mol. The Morgan fingerprint density at radius 1 is 0.947 bits per heavy atom. The van der Waals surface area contributed by atoms with Crippen molar-refractivity contribution >= 4 is 22.7 Å². The van der Waals surface area contributed by atoms with Gasteiger partial charge in [0.1, 0.15) is 12.2 Å². The normalized spacial score (nSPS) is 18.1. The number of amides is 2. The lowest BCUT2D eigenvalue weighted by Gasteiger charge is -2.27. The van der Waals surface area contributed by atoms with E-state index in [0.29, 0.717) is 5.92 Å². The Kier molecular flexibility index (Phi) is 7.50. The Labute approximate surface area is 222 Å². The number of pyridine rings is 1. The lowest BCUT2D eigenvalue weighted by molar-refractivity contribution is -0.138. The maximum Gasteiger partial charge on any atom is 0.243 e. The molecule has 6 heteroatoms. The van der Waals surface area contributed by atoms with E-state index < -0.39 is 18.3 Å². The van der Waals surface area contributed by atoms with Crippen molar-refractivity contribution in [1.82, 2.24) is 15.2 Å². The first-order valence-corrected chi connectivity index (χ1v) is 13.1. The van der Waals surface area contributed by atoms with Gasteiger partial charge in [-0.3, -0.25) is 14.6 Å². The van der Waals surface area contributed by atoms with Crippen LogP contribution in [0.25, 0.3) is 10.9 Å². The highest BCUT2D eigenvalue weighted by atomic mass is 19.1. The van der Waals surface area contributed by atoms with Crippen molar-refractivity contribution in [3.63, 3.8) is 0 Å². The van der Waals surface area contributed by atoms with Crippen LogP contribution in [0, 0.1) is 0 Å². The zero-order valence-electron chi connectivity index (χ0n) is 21.7. The molecule has 0 bridgehead atoms. The molecule has 1 fully saturated rings. The number of carbonyl (C=O) groups is 2. The van der Waals surface area contributed by atoms with Gasteiger partial charge in [-0.15, -0.1) is 0 Å². The first-order chi connectivity index (χ1) is 18.4. The van der Waals surface area contributed by atoms with Crippen molar-refractivity contribution in [3.8, 4) is 0 Å². The van der Waals surface area contributed by atoms with Gasteiger partial charge in [-0.25, -0.2) is 4.39 Å². The Balaban J connectivity index is 1.36. The van der Waals surface area contributed by atoms with Crippen LogP contribution in [-0.2, 0) is 16.0 Å². The zero-order valence-corrected chi connectivity index (χ0v) is 21.7. The molecule has 1 aliphatic heterocycles. The number of hydrogen-bond donors (Lipinski definition) is 1. The molecule has 0 saturated carbocycles. The second kappa shape index (κ2) is 11.1. The third-order valence-electron chi connectivity index (χ3n) is 7.25. The van der Waals surface area contributed by atoms with E-state index in [1.165, 1.54) is 10.5 Å². The van der Waals surface area contributed by atoms with Crippen LogP contribution in [0.5, 0.6) is 0 Å². The van der Waals surface area contributed by atoms with Crippen molar-refractivity contribution < 1.29 is 14.0 Å².